The molecule has 0 aromatic heterocycles. The number of carboxylic acids is 1. The number of ether oxygens (including phenoxy) is 5. The van der Waals surface area contributed by atoms with Gasteiger partial charge in [-0.3, -0.25) is 14.5 Å². The maximum absolute atomic E-state index is 13.7. The van der Waals surface area contributed by atoms with Gasteiger partial charge in [0.25, 0.3) is 0 Å². The number of carboxylic acid groups (broad SMARTS) is 1. The van der Waals surface area contributed by atoms with Crippen molar-refractivity contribution in [3.05, 3.63) is 41.5 Å². The van der Waals surface area contributed by atoms with E-state index < -0.39 is 11.9 Å². The first kappa shape index (κ1) is 29.8. The molecular formula is C32H42N2O8. The predicted molar refractivity (Wildman–Crippen MR) is 156 cm³/mol. The summed E-state index contributed by atoms with van der Waals surface area (Å²) < 4.78 is 28.1. The molecule has 10 nitrogen and oxygen atoms in total. The van der Waals surface area contributed by atoms with Crippen molar-refractivity contribution in [1.29, 1.82) is 0 Å². The molecule has 0 aliphatic carbocycles. The van der Waals surface area contributed by atoms with Crippen LogP contribution >= 0.6 is 0 Å². The van der Waals surface area contributed by atoms with E-state index in [-0.39, 0.29) is 38.0 Å². The molecule has 228 valence electrons. The Morgan fingerprint density at radius 3 is 2.40 bits per heavy atom. The molecule has 1 amide bonds. The SMILES string of the molecule is CCCCN(CCCC)C(=O)CN1C[C@H](c2cc(OC)c3c(c2)OCO3)[C@@H](C(=O)O)[C@@H]1CCc1cccc2c1OCO2. The normalized spacial score (nSPS) is 20.6. The van der Waals surface area contributed by atoms with E-state index in [4.69, 9.17) is 23.7 Å². The zero-order valence-corrected chi connectivity index (χ0v) is 24.8. The molecule has 0 spiro atoms. The highest BCUT2D eigenvalue weighted by molar-refractivity contribution is 5.79. The quantitative estimate of drug-likeness (QED) is 0.340. The predicted octanol–water partition coefficient (Wildman–Crippen LogP) is 4.68. The molecule has 2 aromatic rings. The van der Waals surface area contributed by atoms with Gasteiger partial charge in [0.15, 0.2) is 23.0 Å². The van der Waals surface area contributed by atoms with Crippen molar-refractivity contribution in [1.82, 2.24) is 9.80 Å². The minimum atomic E-state index is -0.886. The van der Waals surface area contributed by atoms with Crippen molar-refractivity contribution < 1.29 is 38.4 Å². The first-order chi connectivity index (χ1) is 20.4. The van der Waals surface area contributed by atoms with Crippen LogP contribution in [0.3, 0.4) is 0 Å². The summed E-state index contributed by atoms with van der Waals surface area (Å²) in [6, 6.07) is 9.12. The lowest BCUT2D eigenvalue weighted by atomic mass is 9.83. The average Bonchev–Trinajstić information content (AvgIpc) is 3.74. The van der Waals surface area contributed by atoms with Gasteiger partial charge in [-0.05, 0) is 55.0 Å². The maximum atomic E-state index is 13.7. The lowest BCUT2D eigenvalue weighted by molar-refractivity contribution is -0.143. The number of aliphatic carboxylic acids is 1. The number of amides is 1. The summed E-state index contributed by atoms with van der Waals surface area (Å²) >= 11 is 0. The largest absolute Gasteiger partial charge is 0.493 e. The van der Waals surface area contributed by atoms with E-state index in [9.17, 15) is 14.7 Å². The van der Waals surface area contributed by atoms with Crippen LogP contribution < -0.4 is 23.7 Å². The van der Waals surface area contributed by atoms with Gasteiger partial charge in [-0.2, -0.15) is 0 Å². The first-order valence-corrected chi connectivity index (χ1v) is 15.0. The van der Waals surface area contributed by atoms with E-state index >= 15 is 0 Å². The zero-order chi connectivity index (χ0) is 29.6. The Hall–Kier alpha value is -3.66. The fraction of sp³-hybridized carbons (Fsp3) is 0.562. The highest BCUT2D eigenvalue weighted by atomic mass is 16.7. The molecule has 3 aliphatic heterocycles. The van der Waals surface area contributed by atoms with Gasteiger partial charge in [0, 0.05) is 31.6 Å². The van der Waals surface area contributed by atoms with Crippen molar-refractivity contribution in [3.8, 4) is 28.7 Å². The third-order valence-electron chi connectivity index (χ3n) is 8.58. The number of unbranched alkanes of at least 4 members (excludes halogenated alkanes) is 2. The number of carbonyl (C=O) groups excluding carboxylic acids is 1. The van der Waals surface area contributed by atoms with Gasteiger partial charge >= 0.3 is 5.97 Å². The van der Waals surface area contributed by atoms with Crippen molar-refractivity contribution in [2.75, 3.05) is 46.9 Å². The Bertz CT molecular complexity index is 1260. The number of para-hydroxylation sites is 1. The molecule has 0 bridgehead atoms. The van der Waals surface area contributed by atoms with E-state index in [1.54, 1.807) is 7.11 Å². The average molecular weight is 583 g/mol. The fourth-order valence-corrected chi connectivity index (χ4v) is 6.38. The van der Waals surface area contributed by atoms with Crippen molar-refractivity contribution in [2.24, 2.45) is 5.92 Å². The molecule has 2 aromatic carbocycles. The van der Waals surface area contributed by atoms with Gasteiger partial charge in [0.1, 0.15) is 0 Å². The monoisotopic (exact) mass is 582 g/mol. The molecule has 0 saturated carbocycles. The number of hydrogen-bond acceptors (Lipinski definition) is 8. The minimum absolute atomic E-state index is 0.0484. The van der Waals surface area contributed by atoms with Gasteiger partial charge in [0.2, 0.25) is 25.2 Å². The highest BCUT2D eigenvalue weighted by Gasteiger charge is 2.47. The number of methoxy groups -OCH3 is 1. The molecule has 0 unspecified atom stereocenters. The van der Waals surface area contributed by atoms with Crippen LogP contribution in [-0.4, -0.2) is 79.7 Å². The van der Waals surface area contributed by atoms with Crippen LogP contribution in [0.15, 0.2) is 30.3 Å². The zero-order valence-electron chi connectivity index (χ0n) is 24.8. The standard InChI is InChI=1S/C32H42N2O8/c1-4-6-13-33(14-7-5-2)28(35)18-34-17-23(22-15-26(38-3)31-27(16-22)40-20-42-31)29(32(36)37)24(34)12-11-21-9-8-10-25-30(21)41-19-39-25/h8-10,15-16,23-24,29H,4-7,11-14,17-20H2,1-3H3,(H,36,37)/t23-,24+,29-/m1/s1. The van der Waals surface area contributed by atoms with Crippen LogP contribution in [0.25, 0.3) is 0 Å². The van der Waals surface area contributed by atoms with E-state index in [2.05, 4.69) is 18.7 Å². The minimum Gasteiger partial charge on any atom is -0.493 e. The molecule has 1 saturated heterocycles. The van der Waals surface area contributed by atoms with Crippen LogP contribution in [0.5, 0.6) is 28.7 Å². The molecule has 3 heterocycles. The van der Waals surface area contributed by atoms with E-state index in [0.717, 1.165) is 36.8 Å². The van der Waals surface area contributed by atoms with Crippen molar-refractivity contribution >= 4 is 11.9 Å². The van der Waals surface area contributed by atoms with E-state index in [0.29, 0.717) is 61.2 Å². The Labute approximate surface area is 247 Å². The smallest absolute Gasteiger partial charge is 0.308 e. The lowest BCUT2D eigenvalue weighted by Gasteiger charge is -2.30. The number of rotatable bonds is 14. The number of hydrogen-bond donors (Lipinski definition) is 1. The van der Waals surface area contributed by atoms with E-state index in [1.807, 2.05) is 35.2 Å². The van der Waals surface area contributed by atoms with Crippen LogP contribution in [-0.2, 0) is 16.0 Å². The van der Waals surface area contributed by atoms with Gasteiger partial charge in [-0.15, -0.1) is 0 Å². The van der Waals surface area contributed by atoms with Crippen LogP contribution in [0.4, 0.5) is 0 Å². The van der Waals surface area contributed by atoms with Gasteiger partial charge < -0.3 is 33.7 Å². The second-order valence-electron chi connectivity index (χ2n) is 11.2. The Kier molecular flexibility index (Phi) is 9.62. The highest BCUT2D eigenvalue weighted by Crippen LogP contribution is 2.47. The first-order valence-electron chi connectivity index (χ1n) is 15.0. The summed E-state index contributed by atoms with van der Waals surface area (Å²) in [6.07, 6.45) is 5.04. The summed E-state index contributed by atoms with van der Waals surface area (Å²) in [5.41, 5.74) is 1.77. The maximum Gasteiger partial charge on any atom is 0.308 e. The summed E-state index contributed by atoms with van der Waals surface area (Å²) in [4.78, 5) is 30.7. The van der Waals surface area contributed by atoms with E-state index in [1.165, 1.54) is 0 Å². The second kappa shape index (κ2) is 13.5. The Morgan fingerprint density at radius 2 is 1.71 bits per heavy atom. The summed E-state index contributed by atoms with van der Waals surface area (Å²) in [7, 11) is 1.56. The fourth-order valence-electron chi connectivity index (χ4n) is 6.38. The van der Waals surface area contributed by atoms with Gasteiger partial charge in [-0.25, -0.2) is 0 Å². The summed E-state index contributed by atoms with van der Waals surface area (Å²) in [5.74, 6) is 1.05. The number of carbonyl (C=O) groups is 2. The topological polar surface area (TPSA) is 107 Å². The van der Waals surface area contributed by atoms with Crippen LogP contribution in [0, 0.1) is 5.92 Å². The molecule has 3 aliphatic rings. The summed E-state index contributed by atoms with van der Waals surface area (Å²) in [6.45, 7) is 6.53. The number of likely N-dealkylation sites (tertiary alicyclic amines) is 1. The van der Waals surface area contributed by atoms with Crippen molar-refractivity contribution in [3.63, 3.8) is 0 Å². The van der Waals surface area contributed by atoms with Gasteiger partial charge in [-0.1, -0.05) is 38.8 Å². The van der Waals surface area contributed by atoms with Crippen molar-refractivity contribution in [2.45, 2.75) is 64.3 Å². The molecular weight excluding hydrogens is 540 g/mol. The molecule has 10 heteroatoms. The Balaban J connectivity index is 1.45. The number of fused-ring (bicyclic) bond motifs is 2. The number of benzene rings is 2. The molecule has 42 heavy (non-hydrogen) atoms. The Morgan fingerprint density at radius 1 is 1.00 bits per heavy atom. The number of aryl methyl sites for hydroxylation is 1. The molecule has 1 N–H and O–H groups in total. The third kappa shape index (κ3) is 6.23. The molecule has 0 radical (unpaired) electrons. The third-order valence-corrected chi connectivity index (χ3v) is 8.58. The van der Waals surface area contributed by atoms with Gasteiger partial charge in [0.05, 0.1) is 19.6 Å². The molecule has 5 rings (SSSR count). The second-order valence-corrected chi connectivity index (χ2v) is 11.2. The molecule has 3 atom stereocenters. The van der Waals surface area contributed by atoms with Crippen LogP contribution in [0.1, 0.15) is 63.0 Å². The van der Waals surface area contributed by atoms with Crippen LogP contribution in [0.2, 0.25) is 0 Å². The number of nitrogens with zero attached hydrogens (tertiary/aromatic N) is 2. The molecule has 1 fully saturated rings. The summed E-state index contributed by atoms with van der Waals surface area (Å²) in [5, 5.41) is 10.6. The lowest BCUT2D eigenvalue weighted by Crippen LogP contribution is -2.44.